The Balaban J connectivity index is 1.56. The number of aryl methyl sites for hydroxylation is 1. The Morgan fingerprint density at radius 3 is 2.54 bits per heavy atom. The summed E-state index contributed by atoms with van der Waals surface area (Å²) < 4.78 is 37.7. The molecular weight excluding hydrogens is 389 g/mol. The minimum atomic E-state index is -4.46. The second-order valence-electron chi connectivity index (χ2n) is 5.87. The maximum Gasteiger partial charge on any atom is 0.427 e. The molecule has 3 rings (SSSR count). The topological polar surface area (TPSA) is 48.5 Å². The SMILES string of the molecule is Cc1ccc(N2CCN(C(=O)Nc3ncc(C(F)(F)F)s3)CC2)cc1Cl. The Kier molecular flexibility index (Phi) is 5.29. The van der Waals surface area contributed by atoms with Crippen molar-refractivity contribution < 1.29 is 18.0 Å². The maximum atomic E-state index is 12.6. The van der Waals surface area contributed by atoms with Crippen molar-refractivity contribution in [1.29, 1.82) is 0 Å². The van der Waals surface area contributed by atoms with E-state index in [0.717, 1.165) is 17.4 Å². The van der Waals surface area contributed by atoms with Crippen LogP contribution in [0, 0.1) is 6.92 Å². The fourth-order valence-corrected chi connectivity index (χ4v) is 3.43. The highest BCUT2D eigenvalue weighted by Crippen LogP contribution is 2.35. The van der Waals surface area contributed by atoms with Crippen molar-refractivity contribution >= 4 is 39.8 Å². The van der Waals surface area contributed by atoms with E-state index in [1.807, 2.05) is 25.1 Å². The lowest BCUT2D eigenvalue weighted by atomic mass is 10.2. The van der Waals surface area contributed by atoms with Gasteiger partial charge in [0.25, 0.3) is 0 Å². The van der Waals surface area contributed by atoms with Crippen molar-refractivity contribution in [2.45, 2.75) is 13.1 Å². The number of urea groups is 1. The van der Waals surface area contributed by atoms with Crippen LogP contribution in [0.1, 0.15) is 10.4 Å². The van der Waals surface area contributed by atoms with Crippen LogP contribution in [0.5, 0.6) is 0 Å². The summed E-state index contributed by atoms with van der Waals surface area (Å²) in [5.74, 6) is 0. The number of alkyl halides is 3. The van der Waals surface area contributed by atoms with Crippen LogP contribution < -0.4 is 10.2 Å². The van der Waals surface area contributed by atoms with Gasteiger partial charge in [-0.2, -0.15) is 13.2 Å². The molecule has 1 aliphatic heterocycles. The molecule has 0 spiro atoms. The molecule has 0 radical (unpaired) electrons. The molecule has 1 N–H and O–H groups in total. The number of halogens is 4. The quantitative estimate of drug-likeness (QED) is 0.803. The van der Waals surface area contributed by atoms with Crippen molar-refractivity contribution in [3.63, 3.8) is 0 Å². The minimum absolute atomic E-state index is 0.0601. The third-order valence-corrected chi connectivity index (χ3v) is 5.45. The molecule has 140 valence electrons. The average Bonchev–Trinajstić information content (AvgIpc) is 3.06. The number of rotatable bonds is 2. The van der Waals surface area contributed by atoms with E-state index < -0.39 is 17.1 Å². The summed E-state index contributed by atoms with van der Waals surface area (Å²) in [7, 11) is 0. The van der Waals surface area contributed by atoms with Crippen molar-refractivity contribution in [2.24, 2.45) is 0 Å². The fourth-order valence-electron chi connectivity index (χ4n) is 2.58. The van der Waals surface area contributed by atoms with Gasteiger partial charge < -0.3 is 9.80 Å². The number of piperazine rings is 1. The summed E-state index contributed by atoms with van der Waals surface area (Å²) in [6.07, 6.45) is -3.74. The predicted octanol–water partition coefficient (Wildman–Crippen LogP) is 4.48. The van der Waals surface area contributed by atoms with Crippen LogP contribution in [0.4, 0.5) is 28.8 Å². The Bertz CT molecular complexity index is 803. The van der Waals surface area contributed by atoms with Gasteiger partial charge in [-0.1, -0.05) is 29.0 Å². The largest absolute Gasteiger partial charge is 0.427 e. The summed E-state index contributed by atoms with van der Waals surface area (Å²) in [5.41, 5.74) is 1.98. The Labute approximate surface area is 157 Å². The first kappa shape index (κ1) is 18.8. The number of aromatic nitrogens is 1. The molecule has 0 bridgehead atoms. The Morgan fingerprint density at radius 2 is 1.96 bits per heavy atom. The summed E-state index contributed by atoms with van der Waals surface area (Å²) in [6.45, 7) is 4.05. The minimum Gasteiger partial charge on any atom is -0.368 e. The highest BCUT2D eigenvalue weighted by Gasteiger charge is 2.33. The first-order valence-electron chi connectivity index (χ1n) is 7.84. The molecule has 1 saturated heterocycles. The van der Waals surface area contributed by atoms with Gasteiger partial charge >= 0.3 is 12.2 Å². The van der Waals surface area contributed by atoms with E-state index in [0.29, 0.717) is 42.5 Å². The van der Waals surface area contributed by atoms with E-state index in [4.69, 9.17) is 11.6 Å². The van der Waals surface area contributed by atoms with Crippen LogP contribution in [-0.4, -0.2) is 42.1 Å². The smallest absolute Gasteiger partial charge is 0.368 e. The molecule has 10 heteroatoms. The maximum absolute atomic E-state index is 12.6. The van der Waals surface area contributed by atoms with E-state index in [1.54, 1.807) is 4.90 Å². The third kappa shape index (κ3) is 4.21. The number of nitrogens with zero attached hydrogens (tertiary/aromatic N) is 3. The van der Waals surface area contributed by atoms with Gasteiger partial charge in [-0.15, -0.1) is 0 Å². The van der Waals surface area contributed by atoms with Crippen molar-refractivity contribution in [1.82, 2.24) is 9.88 Å². The molecule has 5 nitrogen and oxygen atoms in total. The molecule has 2 amide bonds. The van der Waals surface area contributed by atoms with Crippen LogP contribution in [0.2, 0.25) is 5.02 Å². The Morgan fingerprint density at radius 1 is 1.27 bits per heavy atom. The number of carbonyl (C=O) groups excluding carboxylic acids is 1. The van der Waals surface area contributed by atoms with Gasteiger partial charge in [0.15, 0.2) is 5.13 Å². The van der Waals surface area contributed by atoms with E-state index >= 15 is 0 Å². The molecule has 1 fully saturated rings. The molecule has 1 aliphatic rings. The van der Waals surface area contributed by atoms with Crippen molar-refractivity contribution in [2.75, 3.05) is 36.4 Å². The lowest BCUT2D eigenvalue weighted by molar-refractivity contribution is -0.134. The predicted molar refractivity (Wildman–Crippen MR) is 96.1 cm³/mol. The zero-order valence-corrected chi connectivity index (χ0v) is 15.4. The molecular formula is C16H16ClF3N4OS. The normalized spacial score (nSPS) is 15.3. The zero-order valence-electron chi connectivity index (χ0n) is 13.8. The highest BCUT2D eigenvalue weighted by molar-refractivity contribution is 7.15. The molecule has 0 atom stereocenters. The molecule has 1 aromatic carbocycles. The molecule has 2 aromatic rings. The molecule has 0 saturated carbocycles. The van der Waals surface area contributed by atoms with Crippen LogP contribution in [0.15, 0.2) is 24.4 Å². The number of anilines is 2. The van der Waals surface area contributed by atoms with E-state index in [-0.39, 0.29) is 5.13 Å². The standard InChI is InChI=1S/C16H16ClF3N4OS/c1-10-2-3-11(8-12(10)17)23-4-6-24(7-5-23)15(25)22-14-21-9-13(26-14)16(18,19)20/h2-3,8-9H,4-7H2,1H3,(H,21,22,25). The number of carbonyl (C=O) groups is 1. The summed E-state index contributed by atoms with van der Waals surface area (Å²) in [6, 6.07) is 5.36. The number of hydrogen-bond acceptors (Lipinski definition) is 4. The van der Waals surface area contributed by atoms with Gasteiger partial charge in [0, 0.05) is 36.9 Å². The van der Waals surface area contributed by atoms with E-state index in [9.17, 15) is 18.0 Å². The van der Waals surface area contributed by atoms with Gasteiger partial charge in [0.2, 0.25) is 0 Å². The van der Waals surface area contributed by atoms with Crippen LogP contribution in [0.25, 0.3) is 0 Å². The fraction of sp³-hybridized carbons (Fsp3) is 0.375. The summed E-state index contributed by atoms with van der Waals surface area (Å²) in [5, 5.41) is 3.06. The highest BCUT2D eigenvalue weighted by atomic mass is 35.5. The lowest BCUT2D eigenvalue weighted by Crippen LogP contribution is -2.50. The number of amides is 2. The van der Waals surface area contributed by atoms with Crippen molar-refractivity contribution in [3.8, 4) is 0 Å². The third-order valence-electron chi connectivity index (χ3n) is 4.09. The van der Waals surface area contributed by atoms with Crippen LogP contribution >= 0.6 is 22.9 Å². The monoisotopic (exact) mass is 404 g/mol. The summed E-state index contributed by atoms with van der Waals surface area (Å²) >= 11 is 6.56. The van der Waals surface area contributed by atoms with Gasteiger partial charge in [0.05, 0.1) is 6.20 Å². The van der Waals surface area contributed by atoms with Crippen molar-refractivity contribution in [3.05, 3.63) is 39.9 Å². The van der Waals surface area contributed by atoms with Gasteiger partial charge in [0.1, 0.15) is 4.88 Å². The number of thiazole rings is 1. The first-order valence-corrected chi connectivity index (χ1v) is 9.03. The number of hydrogen-bond donors (Lipinski definition) is 1. The van der Waals surface area contributed by atoms with Crippen LogP contribution in [0.3, 0.4) is 0 Å². The average molecular weight is 405 g/mol. The van der Waals surface area contributed by atoms with Gasteiger partial charge in [-0.05, 0) is 24.6 Å². The number of nitrogens with one attached hydrogen (secondary N) is 1. The van der Waals surface area contributed by atoms with Crippen LogP contribution in [-0.2, 0) is 6.18 Å². The van der Waals surface area contributed by atoms with E-state index in [2.05, 4.69) is 15.2 Å². The molecule has 1 aromatic heterocycles. The zero-order chi connectivity index (χ0) is 18.9. The summed E-state index contributed by atoms with van der Waals surface area (Å²) in [4.78, 5) is 18.7. The first-order chi connectivity index (χ1) is 12.2. The second-order valence-corrected chi connectivity index (χ2v) is 7.30. The molecule has 26 heavy (non-hydrogen) atoms. The van der Waals surface area contributed by atoms with Gasteiger partial charge in [-0.25, -0.2) is 9.78 Å². The Hall–Kier alpha value is -2.00. The number of benzene rings is 1. The van der Waals surface area contributed by atoms with Gasteiger partial charge in [-0.3, -0.25) is 5.32 Å². The lowest BCUT2D eigenvalue weighted by Gasteiger charge is -2.36. The molecule has 0 aliphatic carbocycles. The van der Waals surface area contributed by atoms with E-state index in [1.165, 1.54) is 0 Å². The second kappa shape index (κ2) is 7.32. The molecule has 0 unspecified atom stereocenters. The molecule has 2 heterocycles.